The highest BCUT2D eigenvalue weighted by Crippen LogP contribution is 2.33. The number of nitrogens with two attached hydrogens (primary N) is 1. The molecular weight excluding hydrogens is 362 g/mol. The predicted octanol–water partition coefficient (Wildman–Crippen LogP) is 0.849. The highest BCUT2D eigenvalue weighted by atomic mass is 16.5. The zero-order chi connectivity index (χ0) is 20.5. The third kappa shape index (κ3) is 5.84. The van der Waals surface area contributed by atoms with Gasteiger partial charge >= 0.3 is 0 Å². The van der Waals surface area contributed by atoms with Crippen molar-refractivity contribution in [3.05, 3.63) is 23.3 Å². The number of benzene rings is 1. The summed E-state index contributed by atoms with van der Waals surface area (Å²) >= 11 is 0. The minimum atomic E-state index is -0.273. The van der Waals surface area contributed by atoms with Crippen LogP contribution in [0.3, 0.4) is 0 Å². The van der Waals surface area contributed by atoms with E-state index in [1.165, 1.54) is 12.7 Å². The van der Waals surface area contributed by atoms with Gasteiger partial charge in [-0.2, -0.15) is 0 Å². The molecule has 1 aliphatic heterocycles. The van der Waals surface area contributed by atoms with Crippen LogP contribution in [0.2, 0.25) is 0 Å². The van der Waals surface area contributed by atoms with Gasteiger partial charge in [0.2, 0.25) is 11.8 Å². The van der Waals surface area contributed by atoms with E-state index >= 15 is 0 Å². The van der Waals surface area contributed by atoms with Gasteiger partial charge in [0.05, 0.1) is 26.7 Å². The second-order valence-electron chi connectivity index (χ2n) is 6.79. The Labute approximate surface area is 166 Å². The Kier molecular flexibility index (Phi) is 8.53. The van der Waals surface area contributed by atoms with Crippen molar-refractivity contribution in [2.24, 2.45) is 5.73 Å². The summed E-state index contributed by atoms with van der Waals surface area (Å²) in [6, 6.07) is 3.93. The highest BCUT2D eigenvalue weighted by molar-refractivity contribution is 5.77. The summed E-state index contributed by atoms with van der Waals surface area (Å²) in [5.74, 6) is 1.36. The quantitative estimate of drug-likeness (QED) is 0.571. The van der Waals surface area contributed by atoms with Crippen LogP contribution in [0.25, 0.3) is 0 Å². The van der Waals surface area contributed by atoms with Gasteiger partial charge in [0.25, 0.3) is 0 Å². The van der Waals surface area contributed by atoms with Crippen LogP contribution < -0.4 is 20.5 Å². The number of rotatable bonds is 10. The zero-order valence-electron chi connectivity index (χ0n) is 17.0. The molecular formula is C20H31N3O5. The first kappa shape index (κ1) is 22.0. The molecule has 1 aliphatic rings. The summed E-state index contributed by atoms with van der Waals surface area (Å²) in [6.07, 6.45) is 1.74. The number of carbonyl (C=O) groups is 2. The zero-order valence-corrected chi connectivity index (χ0v) is 17.0. The van der Waals surface area contributed by atoms with E-state index in [9.17, 15) is 9.59 Å². The summed E-state index contributed by atoms with van der Waals surface area (Å²) in [5, 5.41) is 2.81. The number of hydrogen-bond acceptors (Lipinski definition) is 6. The van der Waals surface area contributed by atoms with Crippen molar-refractivity contribution in [3.63, 3.8) is 0 Å². The lowest BCUT2D eigenvalue weighted by molar-refractivity contribution is -0.132. The van der Waals surface area contributed by atoms with Gasteiger partial charge in [0.15, 0.2) is 11.5 Å². The summed E-state index contributed by atoms with van der Waals surface area (Å²) in [6.45, 7) is 2.00. The van der Waals surface area contributed by atoms with E-state index in [0.717, 1.165) is 12.0 Å². The Morgan fingerprint density at radius 3 is 2.46 bits per heavy atom. The molecule has 1 aromatic carbocycles. The van der Waals surface area contributed by atoms with E-state index in [2.05, 4.69) is 5.32 Å². The van der Waals surface area contributed by atoms with Crippen LogP contribution in [0.5, 0.6) is 11.5 Å². The van der Waals surface area contributed by atoms with Gasteiger partial charge in [-0.1, -0.05) is 0 Å². The molecule has 1 unspecified atom stereocenters. The maximum absolute atomic E-state index is 12.5. The molecule has 0 fully saturated rings. The van der Waals surface area contributed by atoms with Crippen molar-refractivity contribution in [2.75, 3.05) is 41.0 Å². The van der Waals surface area contributed by atoms with Crippen LogP contribution in [-0.2, 0) is 27.3 Å². The van der Waals surface area contributed by atoms with Crippen LogP contribution >= 0.6 is 0 Å². The highest BCUT2D eigenvalue weighted by Gasteiger charge is 2.22. The fraction of sp³-hybridized carbons (Fsp3) is 0.600. The Balaban J connectivity index is 1.79. The molecule has 0 saturated carbocycles. The van der Waals surface area contributed by atoms with Crippen LogP contribution in [0.4, 0.5) is 0 Å². The van der Waals surface area contributed by atoms with Gasteiger partial charge in [-0.25, -0.2) is 0 Å². The van der Waals surface area contributed by atoms with Crippen LogP contribution in [-0.4, -0.2) is 63.8 Å². The van der Waals surface area contributed by atoms with Crippen molar-refractivity contribution >= 4 is 11.8 Å². The monoisotopic (exact) mass is 393 g/mol. The first-order chi connectivity index (χ1) is 13.5. The lowest BCUT2D eigenvalue weighted by Crippen LogP contribution is -2.36. The first-order valence-corrected chi connectivity index (χ1v) is 9.53. The molecule has 2 amide bonds. The fourth-order valence-corrected chi connectivity index (χ4v) is 3.26. The number of methoxy groups -OCH3 is 3. The number of hydrogen-bond donors (Lipinski definition) is 2. The topological polar surface area (TPSA) is 103 Å². The number of ether oxygens (including phenoxy) is 3. The van der Waals surface area contributed by atoms with Crippen LogP contribution in [0.1, 0.15) is 30.4 Å². The molecule has 0 saturated heterocycles. The van der Waals surface area contributed by atoms with Crippen molar-refractivity contribution in [1.82, 2.24) is 10.2 Å². The van der Waals surface area contributed by atoms with E-state index < -0.39 is 0 Å². The Morgan fingerprint density at radius 1 is 1.18 bits per heavy atom. The number of carbonyl (C=O) groups excluding carboxylic acids is 2. The Bertz CT molecular complexity index is 676. The average Bonchev–Trinajstić information content (AvgIpc) is 2.73. The molecule has 28 heavy (non-hydrogen) atoms. The maximum Gasteiger partial charge on any atom is 0.222 e. The van der Waals surface area contributed by atoms with E-state index in [0.29, 0.717) is 50.5 Å². The summed E-state index contributed by atoms with van der Waals surface area (Å²) in [5.41, 5.74) is 7.77. The average molecular weight is 393 g/mol. The SMILES string of the molecule is COc1cc2c(cc1OC)CN(C(=O)CCCNC(=O)CC(CN)OC)CC2. The molecule has 156 valence electrons. The van der Waals surface area contributed by atoms with Crippen LogP contribution in [0.15, 0.2) is 12.1 Å². The number of fused-ring (bicyclic) bond motifs is 1. The first-order valence-electron chi connectivity index (χ1n) is 9.53. The van der Waals surface area contributed by atoms with Crippen molar-refractivity contribution in [2.45, 2.75) is 38.3 Å². The minimum Gasteiger partial charge on any atom is -0.493 e. The van der Waals surface area contributed by atoms with Gasteiger partial charge in [-0.05, 0) is 36.1 Å². The molecule has 3 N–H and O–H groups in total. The molecule has 8 heteroatoms. The van der Waals surface area contributed by atoms with Crippen molar-refractivity contribution in [3.8, 4) is 11.5 Å². The maximum atomic E-state index is 12.5. The summed E-state index contributed by atoms with van der Waals surface area (Å²) < 4.78 is 15.8. The fourth-order valence-electron chi connectivity index (χ4n) is 3.26. The standard InChI is InChI=1S/C20H31N3O5/c1-26-16(12-21)11-19(24)22-7-4-5-20(25)23-8-6-14-9-17(27-2)18(28-3)10-15(14)13-23/h9-10,16H,4-8,11-13,21H2,1-3H3,(H,22,24). The second-order valence-corrected chi connectivity index (χ2v) is 6.79. The molecule has 1 heterocycles. The van der Waals surface area contributed by atoms with Crippen molar-refractivity contribution in [1.29, 1.82) is 0 Å². The van der Waals surface area contributed by atoms with Crippen LogP contribution in [0, 0.1) is 0 Å². The van der Waals surface area contributed by atoms with Gasteiger partial charge in [0.1, 0.15) is 0 Å². The van der Waals surface area contributed by atoms with E-state index in [1.54, 1.807) is 14.2 Å². The van der Waals surface area contributed by atoms with Gasteiger partial charge in [-0.15, -0.1) is 0 Å². The smallest absolute Gasteiger partial charge is 0.222 e. The van der Waals surface area contributed by atoms with E-state index in [4.69, 9.17) is 19.9 Å². The molecule has 2 rings (SSSR count). The van der Waals surface area contributed by atoms with E-state index in [1.807, 2.05) is 17.0 Å². The largest absolute Gasteiger partial charge is 0.493 e. The summed E-state index contributed by atoms with van der Waals surface area (Å²) in [7, 11) is 4.76. The number of amides is 2. The second kappa shape index (κ2) is 10.9. The van der Waals surface area contributed by atoms with E-state index in [-0.39, 0.29) is 24.3 Å². The third-order valence-electron chi connectivity index (χ3n) is 4.97. The minimum absolute atomic E-state index is 0.0893. The Hall–Kier alpha value is -2.32. The molecule has 0 aliphatic carbocycles. The molecule has 1 aromatic rings. The van der Waals surface area contributed by atoms with Gasteiger partial charge in [0, 0.05) is 39.7 Å². The lowest BCUT2D eigenvalue weighted by atomic mass is 9.98. The molecule has 1 atom stereocenters. The molecule has 8 nitrogen and oxygen atoms in total. The molecule has 0 bridgehead atoms. The molecule has 0 radical (unpaired) electrons. The lowest BCUT2D eigenvalue weighted by Gasteiger charge is -2.29. The molecule has 0 aromatic heterocycles. The predicted molar refractivity (Wildman–Crippen MR) is 105 cm³/mol. The van der Waals surface area contributed by atoms with Gasteiger partial charge < -0.3 is 30.2 Å². The normalized spacial score (nSPS) is 14.2. The summed E-state index contributed by atoms with van der Waals surface area (Å²) in [4.78, 5) is 26.2. The Morgan fingerprint density at radius 2 is 1.86 bits per heavy atom. The van der Waals surface area contributed by atoms with Crippen molar-refractivity contribution < 1.29 is 23.8 Å². The van der Waals surface area contributed by atoms with Gasteiger partial charge in [-0.3, -0.25) is 9.59 Å². The number of nitrogens with zero attached hydrogens (tertiary/aromatic N) is 1. The third-order valence-corrected chi connectivity index (χ3v) is 4.97. The molecule has 0 spiro atoms. The number of nitrogens with one attached hydrogen (secondary N) is 1.